The number of likely N-dealkylation sites (N-methyl/N-ethyl adjacent to an activating group) is 1. The van der Waals surface area contributed by atoms with E-state index in [1.807, 2.05) is 37.3 Å². The van der Waals surface area contributed by atoms with Gasteiger partial charge in [-0.05, 0) is 68.3 Å². The Morgan fingerprint density at radius 1 is 1.10 bits per heavy atom. The average Bonchev–Trinajstić information content (AvgIpc) is 3.29. The van der Waals surface area contributed by atoms with Crippen molar-refractivity contribution < 1.29 is 4.79 Å². The molecule has 1 aliphatic heterocycles. The fraction of sp³-hybridized carbons (Fsp3) is 0.250. The van der Waals surface area contributed by atoms with Crippen LogP contribution in [0, 0.1) is 13.8 Å². The number of aromatic nitrogens is 1. The summed E-state index contributed by atoms with van der Waals surface area (Å²) in [4.78, 5) is 21.6. The van der Waals surface area contributed by atoms with E-state index in [2.05, 4.69) is 36.3 Å². The van der Waals surface area contributed by atoms with Gasteiger partial charge in [-0.25, -0.2) is 4.98 Å². The molecule has 7 heteroatoms. The molecule has 4 nitrogen and oxygen atoms in total. The summed E-state index contributed by atoms with van der Waals surface area (Å²) >= 11 is 3.39. The van der Waals surface area contributed by atoms with Crippen molar-refractivity contribution in [3.63, 3.8) is 0 Å². The van der Waals surface area contributed by atoms with E-state index in [1.165, 1.54) is 20.7 Å². The third-order valence-corrected chi connectivity index (χ3v) is 7.94. The highest BCUT2D eigenvalue weighted by molar-refractivity contribution is 7.23. The van der Waals surface area contributed by atoms with Gasteiger partial charge in [-0.2, -0.15) is 0 Å². The Kier molecular flexibility index (Phi) is 6.17. The van der Waals surface area contributed by atoms with Crippen molar-refractivity contribution in [2.45, 2.75) is 26.8 Å². The number of amides is 1. The standard InChI is InChI=1S/C24H23N3OS2.ClH/c1-14-8-9-16(12-15(14)2)22(28)26-24-21(17-10-11-27(3)13-20(17)30-24)23-25-18-6-4-5-7-19(18)29-23;/h4-9,12H,10-11,13H2,1-3H3,(H,26,28);1H. The van der Waals surface area contributed by atoms with Crippen LogP contribution in [-0.4, -0.2) is 29.4 Å². The van der Waals surface area contributed by atoms with Gasteiger partial charge in [0.2, 0.25) is 0 Å². The molecular weight excluding hydrogens is 446 g/mol. The summed E-state index contributed by atoms with van der Waals surface area (Å²) in [7, 11) is 2.15. The number of anilines is 1. The molecule has 2 aromatic heterocycles. The number of thiophene rings is 1. The highest BCUT2D eigenvalue weighted by Crippen LogP contribution is 2.45. The molecule has 0 fully saturated rings. The highest BCUT2D eigenvalue weighted by atomic mass is 35.5. The minimum atomic E-state index is -0.0626. The molecule has 0 spiro atoms. The molecule has 0 radical (unpaired) electrons. The SMILES string of the molecule is Cc1ccc(C(=O)Nc2sc3c(c2-c2nc4ccccc4s2)CCN(C)C3)cc1C.Cl. The van der Waals surface area contributed by atoms with Gasteiger partial charge < -0.3 is 10.2 Å². The minimum Gasteiger partial charge on any atom is -0.313 e. The van der Waals surface area contributed by atoms with Gasteiger partial charge in [0.1, 0.15) is 10.0 Å². The Bertz CT molecular complexity index is 1240. The maximum Gasteiger partial charge on any atom is 0.256 e. The van der Waals surface area contributed by atoms with Crippen molar-refractivity contribution in [2.24, 2.45) is 0 Å². The molecule has 0 saturated heterocycles. The second-order valence-corrected chi connectivity index (χ2v) is 10.1. The summed E-state index contributed by atoms with van der Waals surface area (Å²) in [6.45, 7) is 6.04. The second kappa shape index (κ2) is 8.71. The number of rotatable bonds is 3. The Labute approximate surface area is 196 Å². The van der Waals surface area contributed by atoms with E-state index >= 15 is 0 Å². The molecule has 0 unspecified atom stereocenters. The number of nitrogens with zero attached hydrogens (tertiary/aromatic N) is 2. The lowest BCUT2D eigenvalue weighted by Gasteiger charge is -2.22. The summed E-state index contributed by atoms with van der Waals surface area (Å²) < 4.78 is 1.17. The number of thiazole rings is 1. The molecule has 0 atom stereocenters. The van der Waals surface area contributed by atoms with Crippen LogP contribution in [0.5, 0.6) is 0 Å². The van der Waals surface area contributed by atoms with Crippen molar-refractivity contribution in [3.05, 3.63) is 69.6 Å². The fourth-order valence-corrected chi connectivity index (χ4v) is 6.32. The van der Waals surface area contributed by atoms with Crippen LogP contribution < -0.4 is 5.32 Å². The van der Waals surface area contributed by atoms with E-state index in [0.717, 1.165) is 46.2 Å². The van der Waals surface area contributed by atoms with Gasteiger partial charge in [-0.1, -0.05) is 18.2 Å². The monoisotopic (exact) mass is 469 g/mol. The molecule has 1 aliphatic rings. The second-order valence-electron chi connectivity index (χ2n) is 7.94. The van der Waals surface area contributed by atoms with E-state index in [4.69, 9.17) is 4.98 Å². The first-order valence-corrected chi connectivity index (χ1v) is 11.7. The number of benzene rings is 2. The normalized spacial score (nSPS) is 13.6. The van der Waals surface area contributed by atoms with Gasteiger partial charge in [0.25, 0.3) is 5.91 Å². The Hall–Kier alpha value is -2.25. The van der Waals surface area contributed by atoms with Crippen LogP contribution in [0.1, 0.15) is 31.9 Å². The van der Waals surface area contributed by atoms with Crippen LogP contribution in [0.25, 0.3) is 20.8 Å². The maximum atomic E-state index is 13.1. The van der Waals surface area contributed by atoms with Gasteiger partial charge >= 0.3 is 0 Å². The average molecular weight is 470 g/mol. The Morgan fingerprint density at radius 2 is 1.90 bits per heavy atom. The zero-order valence-electron chi connectivity index (χ0n) is 17.7. The summed E-state index contributed by atoms with van der Waals surface area (Å²) in [5, 5.41) is 5.12. The molecule has 5 rings (SSSR count). The van der Waals surface area contributed by atoms with Gasteiger partial charge in [0.15, 0.2) is 0 Å². The zero-order chi connectivity index (χ0) is 20.8. The van der Waals surface area contributed by atoms with Crippen LogP contribution in [0.4, 0.5) is 5.00 Å². The molecule has 2 aromatic carbocycles. The number of halogens is 1. The number of fused-ring (bicyclic) bond motifs is 2. The third kappa shape index (κ3) is 4.13. The van der Waals surface area contributed by atoms with Crippen molar-refractivity contribution in [1.82, 2.24) is 9.88 Å². The van der Waals surface area contributed by atoms with E-state index in [1.54, 1.807) is 22.7 Å². The lowest BCUT2D eigenvalue weighted by atomic mass is 10.0. The van der Waals surface area contributed by atoms with Crippen LogP contribution in [-0.2, 0) is 13.0 Å². The molecule has 3 heterocycles. The largest absolute Gasteiger partial charge is 0.313 e. The van der Waals surface area contributed by atoms with Crippen LogP contribution in [0.2, 0.25) is 0 Å². The van der Waals surface area contributed by atoms with E-state index in [-0.39, 0.29) is 18.3 Å². The minimum absolute atomic E-state index is 0. The van der Waals surface area contributed by atoms with Crippen LogP contribution >= 0.6 is 35.1 Å². The van der Waals surface area contributed by atoms with Crippen LogP contribution in [0.15, 0.2) is 42.5 Å². The summed E-state index contributed by atoms with van der Waals surface area (Å²) in [6.07, 6.45) is 0.979. The number of nitrogens with one attached hydrogen (secondary N) is 1. The first-order valence-electron chi connectivity index (χ1n) is 10.1. The Balaban J connectivity index is 0.00000231. The molecule has 4 aromatic rings. The Morgan fingerprint density at radius 3 is 2.68 bits per heavy atom. The molecule has 0 aliphatic carbocycles. The fourth-order valence-electron chi connectivity index (χ4n) is 3.88. The van der Waals surface area contributed by atoms with Crippen molar-refractivity contribution >= 4 is 56.2 Å². The molecule has 0 saturated carbocycles. The molecule has 160 valence electrons. The van der Waals surface area contributed by atoms with Crippen molar-refractivity contribution in [3.8, 4) is 10.6 Å². The molecule has 1 amide bonds. The predicted molar refractivity (Wildman–Crippen MR) is 134 cm³/mol. The van der Waals surface area contributed by atoms with Crippen LogP contribution in [0.3, 0.4) is 0 Å². The molecule has 31 heavy (non-hydrogen) atoms. The maximum absolute atomic E-state index is 13.1. The first-order chi connectivity index (χ1) is 14.5. The van der Waals surface area contributed by atoms with Gasteiger partial charge in [0.05, 0.1) is 10.2 Å². The van der Waals surface area contributed by atoms with E-state index < -0.39 is 0 Å². The predicted octanol–water partition coefficient (Wildman–Crippen LogP) is 6.30. The zero-order valence-corrected chi connectivity index (χ0v) is 20.1. The molecule has 0 bridgehead atoms. The number of carbonyl (C=O) groups excluding carboxylic acids is 1. The highest BCUT2D eigenvalue weighted by Gasteiger charge is 2.27. The number of carbonyl (C=O) groups is 1. The van der Waals surface area contributed by atoms with Crippen molar-refractivity contribution in [2.75, 3.05) is 18.9 Å². The smallest absolute Gasteiger partial charge is 0.256 e. The topological polar surface area (TPSA) is 45.2 Å². The van der Waals surface area contributed by atoms with Gasteiger partial charge in [0, 0.05) is 29.1 Å². The van der Waals surface area contributed by atoms with Gasteiger partial charge in [-0.15, -0.1) is 35.1 Å². The summed E-state index contributed by atoms with van der Waals surface area (Å²) in [6, 6.07) is 14.1. The number of aryl methyl sites for hydroxylation is 2. The number of hydrogen-bond acceptors (Lipinski definition) is 5. The lowest BCUT2D eigenvalue weighted by Crippen LogP contribution is -2.25. The molecule has 1 N–H and O–H groups in total. The molecular formula is C24H24ClN3OS2. The van der Waals surface area contributed by atoms with E-state index in [0.29, 0.717) is 5.56 Å². The number of hydrogen-bond donors (Lipinski definition) is 1. The lowest BCUT2D eigenvalue weighted by molar-refractivity contribution is 0.102. The number of para-hydroxylation sites is 1. The quantitative estimate of drug-likeness (QED) is 0.382. The van der Waals surface area contributed by atoms with Gasteiger partial charge in [-0.3, -0.25) is 4.79 Å². The van der Waals surface area contributed by atoms with Crippen molar-refractivity contribution in [1.29, 1.82) is 0 Å². The summed E-state index contributed by atoms with van der Waals surface area (Å²) in [5.41, 5.74) is 6.47. The first kappa shape index (κ1) is 22.0. The van der Waals surface area contributed by atoms with E-state index in [9.17, 15) is 4.79 Å². The third-order valence-electron chi connectivity index (χ3n) is 5.75. The summed E-state index contributed by atoms with van der Waals surface area (Å²) in [5.74, 6) is -0.0626.